The fraction of sp³-hybridized carbons (Fsp3) is 0.350. The van der Waals surface area contributed by atoms with Crippen molar-refractivity contribution in [3.8, 4) is 5.75 Å². The molecule has 0 aliphatic carbocycles. The molecule has 1 aliphatic heterocycles. The van der Waals surface area contributed by atoms with Crippen LogP contribution in [0.4, 0.5) is 0 Å². The molecule has 0 atom stereocenters. The van der Waals surface area contributed by atoms with Gasteiger partial charge in [0.25, 0.3) is 0 Å². The van der Waals surface area contributed by atoms with E-state index >= 15 is 0 Å². The minimum Gasteiger partial charge on any atom is -0.478 e. The predicted octanol–water partition coefficient (Wildman–Crippen LogP) is 2.76. The SMILES string of the molecule is Cc1cnc(CN2CCC(Oc3ccc4ncccc4c3)(C(=O)O)CC2)[nH]1. The number of aromatic nitrogens is 3. The zero-order valence-corrected chi connectivity index (χ0v) is 15.2. The van der Waals surface area contributed by atoms with Gasteiger partial charge in [-0.25, -0.2) is 9.78 Å². The van der Waals surface area contributed by atoms with Crippen LogP contribution in [0.5, 0.6) is 5.75 Å². The second-order valence-corrected chi connectivity index (χ2v) is 7.05. The Morgan fingerprint density at radius 3 is 2.81 bits per heavy atom. The highest BCUT2D eigenvalue weighted by Gasteiger charge is 2.44. The third-order valence-corrected chi connectivity index (χ3v) is 5.07. The second-order valence-electron chi connectivity index (χ2n) is 7.05. The number of ether oxygens (including phenoxy) is 1. The lowest BCUT2D eigenvalue weighted by Gasteiger charge is -2.38. The first kappa shape index (κ1) is 17.5. The number of carbonyl (C=O) groups is 1. The third kappa shape index (κ3) is 3.64. The van der Waals surface area contributed by atoms with Gasteiger partial charge < -0.3 is 14.8 Å². The number of carboxylic acid groups (broad SMARTS) is 1. The molecule has 0 amide bonds. The van der Waals surface area contributed by atoms with E-state index in [4.69, 9.17) is 4.74 Å². The summed E-state index contributed by atoms with van der Waals surface area (Å²) in [5, 5.41) is 10.8. The van der Waals surface area contributed by atoms with Crippen molar-refractivity contribution in [2.24, 2.45) is 0 Å². The van der Waals surface area contributed by atoms with Crippen LogP contribution in [-0.4, -0.2) is 49.6 Å². The monoisotopic (exact) mass is 366 g/mol. The average molecular weight is 366 g/mol. The Bertz CT molecular complexity index is 961. The number of hydrogen-bond donors (Lipinski definition) is 2. The maximum absolute atomic E-state index is 12.0. The van der Waals surface area contributed by atoms with Crippen molar-refractivity contribution in [1.82, 2.24) is 19.9 Å². The lowest BCUT2D eigenvalue weighted by Crippen LogP contribution is -2.53. The van der Waals surface area contributed by atoms with E-state index in [0.29, 0.717) is 38.2 Å². The van der Waals surface area contributed by atoms with Gasteiger partial charge in [-0.05, 0) is 31.2 Å². The molecule has 1 aromatic carbocycles. The van der Waals surface area contributed by atoms with Gasteiger partial charge in [-0.1, -0.05) is 6.07 Å². The molecular formula is C20H22N4O3. The number of fused-ring (bicyclic) bond motifs is 1. The molecule has 0 spiro atoms. The largest absolute Gasteiger partial charge is 0.478 e. The molecule has 1 saturated heterocycles. The van der Waals surface area contributed by atoms with E-state index in [9.17, 15) is 9.90 Å². The van der Waals surface area contributed by atoms with E-state index in [-0.39, 0.29) is 0 Å². The molecule has 1 aliphatic rings. The summed E-state index contributed by atoms with van der Waals surface area (Å²) in [5.41, 5.74) is 0.680. The number of carboxylic acids is 1. The molecule has 0 unspecified atom stereocenters. The van der Waals surface area contributed by atoms with Crippen LogP contribution >= 0.6 is 0 Å². The number of likely N-dealkylation sites (tertiary alicyclic amines) is 1. The molecule has 4 rings (SSSR count). The van der Waals surface area contributed by atoms with Crippen LogP contribution < -0.4 is 4.74 Å². The number of aromatic amines is 1. The molecule has 3 aromatic rings. The van der Waals surface area contributed by atoms with Gasteiger partial charge in [-0.3, -0.25) is 9.88 Å². The molecule has 1 fully saturated rings. The standard InChI is InChI=1S/C20H22N4O3/c1-14-12-22-18(23-14)13-24-9-6-20(7-10-24,19(25)26)27-16-4-5-17-15(11-16)3-2-8-21-17/h2-5,8,11-12H,6-7,9-10,13H2,1H3,(H,22,23)(H,25,26). The summed E-state index contributed by atoms with van der Waals surface area (Å²) in [6.07, 6.45) is 4.39. The topological polar surface area (TPSA) is 91.3 Å². The second kappa shape index (κ2) is 7.00. The van der Waals surface area contributed by atoms with Crippen LogP contribution in [-0.2, 0) is 11.3 Å². The molecule has 2 N–H and O–H groups in total. The highest BCUT2D eigenvalue weighted by Crippen LogP contribution is 2.31. The zero-order valence-electron chi connectivity index (χ0n) is 15.2. The Hall–Kier alpha value is -2.93. The van der Waals surface area contributed by atoms with Gasteiger partial charge in [0.2, 0.25) is 5.60 Å². The van der Waals surface area contributed by atoms with Crippen LogP contribution in [0.15, 0.2) is 42.7 Å². The number of aryl methyl sites for hydroxylation is 1. The number of imidazole rings is 1. The summed E-state index contributed by atoms with van der Waals surface area (Å²) in [5.74, 6) is 0.550. The number of nitrogens with one attached hydrogen (secondary N) is 1. The maximum Gasteiger partial charge on any atom is 0.348 e. The van der Waals surface area contributed by atoms with Crippen molar-refractivity contribution in [3.63, 3.8) is 0 Å². The number of nitrogens with zero attached hydrogens (tertiary/aromatic N) is 3. The molecule has 0 saturated carbocycles. The predicted molar refractivity (Wildman–Crippen MR) is 101 cm³/mol. The van der Waals surface area contributed by atoms with Crippen LogP contribution in [0.3, 0.4) is 0 Å². The van der Waals surface area contributed by atoms with E-state index in [1.165, 1.54) is 0 Å². The Morgan fingerprint density at radius 1 is 1.30 bits per heavy atom. The summed E-state index contributed by atoms with van der Waals surface area (Å²) in [6.45, 7) is 3.93. The number of piperidine rings is 1. The molecule has 3 heterocycles. The van der Waals surface area contributed by atoms with Crippen LogP contribution in [0, 0.1) is 6.92 Å². The number of benzene rings is 1. The zero-order chi connectivity index (χ0) is 18.9. The molecule has 0 radical (unpaired) electrons. The molecule has 2 aromatic heterocycles. The van der Waals surface area contributed by atoms with Crippen molar-refractivity contribution < 1.29 is 14.6 Å². The van der Waals surface area contributed by atoms with E-state index < -0.39 is 11.6 Å². The lowest BCUT2D eigenvalue weighted by molar-refractivity contribution is -0.159. The Morgan fingerprint density at radius 2 is 2.11 bits per heavy atom. The van der Waals surface area contributed by atoms with E-state index in [2.05, 4.69) is 19.9 Å². The van der Waals surface area contributed by atoms with Gasteiger partial charge >= 0.3 is 5.97 Å². The van der Waals surface area contributed by atoms with Crippen molar-refractivity contribution in [1.29, 1.82) is 0 Å². The normalized spacial score (nSPS) is 17.1. The molecule has 7 heteroatoms. The van der Waals surface area contributed by atoms with Crippen molar-refractivity contribution in [2.45, 2.75) is 31.9 Å². The van der Waals surface area contributed by atoms with Crippen molar-refractivity contribution in [2.75, 3.05) is 13.1 Å². The van der Waals surface area contributed by atoms with E-state index in [0.717, 1.165) is 22.4 Å². The summed E-state index contributed by atoms with van der Waals surface area (Å²) in [6, 6.07) is 9.29. The highest BCUT2D eigenvalue weighted by atomic mass is 16.5. The molecule has 7 nitrogen and oxygen atoms in total. The van der Waals surface area contributed by atoms with Gasteiger partial charge in [0, 0.05) is 49.4 Å². The highest BCUT2D eigenvalue weighted by molar-refractivity contribution is 5.81. The fourth-order valence-electron chi connectivity index (χ4n) is 3.53. The lowest BCUT2D eigenvalue weighted by atomic mass is 9.91. The Labute approximate surface area is 157 Å². The van der Waals surface area contributed by atoms with Crippen LogP contribution in [0.25, 0.3) is 10.9 Å². The third-order valence-electron chi connectivity index (χ3n) is 5.07. The summed E-state index contributed by atoms with van der Waals surface area (Å²) in [7, 11) is 0. The molecule has 140 valence electrons. The summed E-state index contributed by atoms with van der Waals surface area (Å²) in [4.78, 5) is 26.1. The van der Waals surface area contributed by atoms with E-state index in [1.54, 1.807) is 18.5 Å². The minimum atomic E-state index is -1.20. The van der Waals surface area contributed by atoms with Crippen LogP contribution in [0.2, 0.25) is 0 Å². The summed E-state index contributed by atoms with van der Waals surface area (Å²) < 4.78 is 6.04. The summed E-state index contributed by atoms with van der Waals surface area (Å²) >= 11 is 0. The Kier molecular flexibility index (Phi) is 4.53. The first-order chi connectivity index (χ1) is 13.0. The first-order valence-electron chi connectivity index (χ1n) is 9.04. The van der Waals surface area contributed by atoms with Crippen molar-refractivity contribution >= 4 is 16.9 Å². The first-order valence-corrected chi connectivity index (χ1v) is 9.04. The maximum atomic E-state index is 12.0. The number of pyridine rings is 1. The molecule has 27 heavy (non-hydrogen) atoms. The van der Waals surface area contributed by atoms with Gasteiger partial charge in [0.05, 0.1) is 12.1 Å². The number of rotatable bonds is 5. The van der Waals surface area contributed by atoms with Gasteiger partial charge in [-0.2, -0.15) is 0 Å². The van der Waals surface area contributed by atoms with E-state index in [1.807, 2.05) is 31.2 Å². The number of hydrogen-bond acceptors (Lipinski definition) is 5. The van der Waals surface area contributed by atoms with Gasteiger partial charge in [0.1, 0.15) is 11.6 Å². The average Bonchev–Trinajstić information content (AvgIpc) is 3.08. The smallest absolute Gasteiger partial charge is 0.348 e. The minimum absolute atomic E-state index is 0.424. The van der Waals surface area contributed by atoms with Gasteiger partial charge in [0.15, 0.2) is 0 Å². The quantitative estimate of drug-likeness (QED) is 0.721. The molecular weight excluding hydrogens is 344 g/mol. The Balaban J connectivity index is 1.48. The van der Waals surface area contributed by atoms with Crippen LogP contribution in [0.1, 0.15) is 24.4 Å². The number of H-pyrrole nitrogens is 1. The number of aliphatic carboxylic acids is 1. The van der Waals surface area contributed by atoms with Gasteiger partial charge in [-0.15, -0.1) is 0 Å². The fourth-order valence-corrected chi connectivity index (χ4v) is 3.53. The van der Waals surface area contributed by atoms with Crippen molar-refractivity contribution in [3.05, 3.63) is 54.2 Å². The molecule has 0 bridgehead atoms.